The average molecular weight is 376 g/mol. The second-order valence-electron chi connectivity index (χ2n) is 6.92. The fraction of sp³-hybridized carbons (Fsp3) is 0.286. The van der Waals surface area contributed by atoms with E-state index in [9.17, 15) is 4.79 Å². The lowest BCUT2D eigenvalue weighted by molar-refractivity contribution is 0.142. The maximum absolute atomic E-state index is 12.8. The molecule has 1 aromatic carbocycles. The molecule has 144 valence electrons. The van der Waals surface area contributed by atoms with Gasteiger partial charge in [-0.25, -0.2) is 9.48 Å². The standard InChI is InChI=1S/C21H24N6O/c1-17-9-11-23-27(17)20-8-3-2-7-19(20)24-21(28)26-14-12-25(13-15-26)16-18-6-4-5-10-22-18/h2-11H,12-16H2,1H3,(H,24,28). The predicted molar refractivity (Wildman–Crippen MR) is 108 cm³/mol. The van der Waals surface area contributed by atoms with Crippen LogP contribution in [-0.2, 0) is 6.54 Å². The Labute approximate surface area is 164 Å². The minimum Gasteiger partial charge on any atom is -0.322 e. The summed E-state index contributed by atoms with van der Waals surface area (Å²) in [5, 5.41) is 7.41. The Morgan fingerprint density at radius 2 is 1.79 bits per heavy atom. The lowest BCUT2D eigenvalue weighted by Crippen LogP contribution is -2.49. The minimum atomic E-state index is -0.0743. The molecule has 1 saturated heterocycles. The maximum Gasteiger partial charge on any atom is 0.321 e. The zero-order valence-electron chi connectivity index (χ0n) is 16.0. The van der Waals surface area contributed by atoms with Gasteiger partial charge in [-0.2, -0.15) is 5.10 Å². The minimum absolute atomic E-state index is 0.0743. The normalized spacial score (nSPS) is 14.8. The summed E-state index contributed by atoms with van der Waals surface area (Å²) in [6, 6.07) is 15.6. The number of piperazine rings is 1. The molecule has 0 atom stereocenters. The topological polar surface area (TPSA) is 66.3 Å². The van der Waals surface area contributed by atoms with E-state index >= 15 is 0 Å². The number of hydrogen-bond acceptors (Lipinski definition) is 4. The average Bonchev–Trinajstić information content (AvgIpc) is 3.15. The Hall–Kier alpha value is -3.19. The molecule has 1 N–H and O–H groups in total. The molecular weight excluding hydrogens is 352 g/mol. The molecule has 3 heterocycles. The Balaban J connectivity index is 1.37. The molecule has 0 aliphatic carbocycles. The lowest BCUT2D eigenvalue weighted by atomic mass is 10.2. The number of nitrogens with one attached hydrogen (secondary N) is 1. The van der Waals surface area contributed by atoms with Gasteiger partial charge in [-0.1, -0.05) is 18.2 Å². The second-order valence-corrected chi connectivity index (χ2v) is 6.92. The third-order valence-corrected chi connectivity index (χ3v) is 4.98. The highest BCUT2D eigenvalue weighted by atomic mass is 16.2. The van der Waals surface area contributed by atoms with Crippen molar-refractivity contribution in [1.29, 1.82) is 0 Å². The molecule has 7 heteroatoms. The number of rotatable bonds is 4. The van der Waals surface area contributed by atoms with Gasteiger partial charge >= 0.3 is 6.03 Å². The Bertz CT molecular complexity index is 931. The maximum atomic E-state index is 12.8. The van der Waals surface area contributed by atoms with Crippen LogP contribution in [0.1, 0.15) is 11.4 Å². The molecule has 3 aromatic rings. The molecule has 2 aromatic heterocycles. The van der Waals surface area contributed by atoms with Gasteiger partial charge in [0.25, 0.3) is 0 Å². The molecule has 2 amide bonds. The summed E-state index contributed by atoms with van der Waals surface area (Å²) >= 11 is 0. The monoisotopic (exact) mass is 376 g/mol. The van der Waals surface area contributed by atoms with Crippen LogP contribution < -0.4 is 5.32 Å². The third kappa shape index (κ3) is 4.04. The number of carbonyl (C=O) groups is 1. The molecule has 1 aliphatic rings. The van der Waals surface area contributed by atoms with E-state index in [-0.39, 0.29) is 6.03 Å². The lowest BCUT2D eigenvalue weighted by Gasteiger charge is -2.34. The van der Waals surface area contributed by atoms with Crippen LogP contribution in [0.5, 0.6) is 0 Å². The van der Waals surface area contributed by atoms with E-state index in [4.69, 9.17) is 0 Å². The van der Waals surface area contributed by atoms with Crippen molar-refractivity contribution in [2.75, 3.05) is 31.5 Å². The summed E-state index contributed by atoms with van der Waals surface area (Å²) in [4.78, 5) is 21.4. The van der Waals surface area contributed by atoms with Crippen LogP contribution in [0, 0.1) is 6.92 Å². The van der Waals surface area contributed by atoms with Gasteiger partial charge < -0.3 is 10.2 Å². The molecule has 0 saturated carbocycles. The summed E-state index contributed by atoms with van der Waals surface area (Å²) in [5.41, 5.74) is 3.70. The number of aromatic nitrogens is 3. The van der Waals surface area contributed by atoms with Crippen molar-refractivity contribution in [3.05, 3.63) is 72.3 Å². The van der Waals surface area contributed by atoms with Crippen LogP contribution in [0.15, 0.2) is 60.9 Å². The molecule has 4 rings (SSSR count). The first-order valence-corrected chi connectivity index (χ1v) is 9.49. The van der Waals surface area contributed by atoms with E-state index in [1.807, 2.05) is 71.2 Å². The summed E-state index contributed by atoms with van der Waals surface area (Å²) in [6.07, 6.45) is 3.58. The van der Waals surface area contributed by atoms with E-state index in [1.165, 1.54) is 0 Å². The number of hydrogen-bond donors (Lipinski definition) is 1. The van der Waals surface area contributed by atoms with Crippen LogP contribution in [0.3, 0.4) is 0 Å². The van der Waals surface area contributed by atoms with Crippen LogP contribution in [-0.4, -0.2) is 56.8 Å². The molecule has 7 nitrogen and oxygen atoms in total. The molecule has 1 fully saturated rings. The van der Waals surface area contributed by atoms with E-state index in [2.05, 4.69) is 20.3 Å². The number of benzene rings is 1. The van der Waals surface area contributed by atoms with Crippen LogP contribution in [0.4, 0.5) is 10.5 Å². The zero-order valence-corrected chi connectivity index (χ0v) is 16.0. The van der Waals surface area contributed by atoms with Crippen molar-refractivity contribution in [1.82, 2.24) is 24.6 Å². The van der Waals surface area contributed by atoms with Gasteiger partial charge in [-0.05, 0) is 37.3 Å². The molecule has 0 unspecified atom stereocenters. The van der Waals surface area contributed by atoms with Crippen molar-refractivity contribution in [2.24, 2.45) is 0 Å². The summed E-state index contributed by atoms with van der Waals surface area (Å²) in [7, 11) is 0. The smallest absolute Gasteiger partial charge is 0.321 e. The van der Waals surface area contributed by atoms with E-state index < -0.39 is 0 Å². The first-order valence-electron chi connectivity index (χ1n) is 9.49. The number of carbonyl (C=O) groups excluding carboxylic acids is 1. The number of nitrogens with zero attached hydrogens (tertiary/aromatic N) is 5. The first-order chi connectivity index (χ1) is 13.7. The molecule has 0 radical (unpaired) electrons. The number of anilines is 1. The number of para-hydroxylation sites is 2. The van der Waals surface area contributed by atoms with Crippen LogP contribution in [0.25, 0.3) is 5.69 Å². The van der Waals surface area contributed by atoms with Gasteiger partial charge in [-0.15, -0.1) is 0 Å². The van der Waals surface area contributed by atoms with Crippen molar-refractivity contribution in [3.63, 3.8) is 0 Å². The SMILES string of the molecule is Cc1ccnn1-c1ccccc1NC(=O)N1CCN(Cc2ccccn2)CC1. The van der Waals surface area contributed by atoms with E-state index in [1.54, 1.807) is 6.20 Å². The highest BCUT2D eigenvalue weighted by Crippen LogP contribution is 2.21. The van der Waals surface area contributed by atoms with E-state index in [0.29, 0.717) is 13.1 Å². The molecule has 0 bridgehead atoms. The van der Waals surface area contributed by atoms with Gasteiger partial charge in [0.15, 0.2) is 0 Å². The Morgan fingerprint density at radius 1 is 1.00 bits per heavy atom. The summed E-state index contributed by atoms with van der Waals surface area (Å²) in [6.45, 7) is 5.88. The molecule has 0 spiro atoms. The largest absolute Gasteiger partial charge is 0.322 e. The number of urea groups is 1. The van der Waals surface area contributed by atoms with Crippen molar-refractivity contribution < 1.29 is 4.79 Å². The zero-order chi connectivity index (χ0) is 19.3. The molecule has 1 aliphatic heterocycles. The van der Waals surface area contributed by atoms with Gasteiger partial charge in [-0.3, -0.25) is 9.88 Å². The summed E-state index contributed by atoms with van der Waals surface area (Å²) < 4.78 is 1.83. The quantitative estimate of drug-likeness (QED) is 0.760. The van der Waals surface area contributed by atoms with Crippen molar-refractivity contribution >= 4 is 11.7 Å². The number of aryl methyl sites for hydroxylation is 1. The number of amides is 2. The van der Waals surface area contributed by atoms with Gasteiger partial charge in [0.05, 0.1) is 17.1 Å². The molecule has 28 heavy (non-hydrogen) atoms. The Morgan fingerprint density at radius 3 is 2.50 bits per heavy atom. The Kier molecular flexibility index (Phi) is 5.34. The van der Waals surface area contributed by atoms with Crippen LogP contribution in [0.2, 0.25) is 0 Å². The predicted octanol–water partition coefficient (Wildman–Crippen LogP) is 2.93. The highest BCUT2D eigenvalue weighted by Gasteiger charge is 2.22. The van der Waals surface area contributed by atoms with Gasteiger partial charge in [0.1, 0.15) is 0 Å². The number of pyridine rings is 1. The van der Waals surface area contributed by atoms with Gasteiger partial charge in [0, 0.05) is 50.8 Å². The third-order valence-electron chi connectivity index (χ3n) is 4.98. The van der Waals surface area contributed by atoms with Crippen molar-refractivity contribution in [3.8, 4) is 5.69 Å². The van der Waals surface area contributed by atoms with Gasteiger partial charge in [0.2, 0.25) is 0 Å². The highest BCUT2D eigenvalue weighted by molar-refractivity contribution is 5.91. The van der Waals surface area contributed by atoms with Crippen LogP contribution >= 0.6 is 0 Å². The second kappa shape index (κ2) is 8.22. The first kappa shape index (κ1) is 18.2. The van der Waals surface area contributed by atoms with E-state index in [0.717, 1.165) is 42.4 Å². The fourth-order valence-electron chi connectivity index (χ4n) is 3.41. The molecular formula is C21H24N6O. The fourth-order valence-corrected chi connectivity index (χ4v) is 3.41. The van der Waals surface area contributed by atoms with Crippen molar-refractivity contribution in [2.45, 2.75) is 13.5 Å². The summed E-state index contributed by atoms with van der Waals surface area (Å²) in [5.74, 6) is 0.